The minimum atomic E-state index is -4.09. The third kappa shape index (κ3) is 6.92. The van der Waals surface area contributed by atoms with Crippen LogP contribution < -0.4 is 18.9 Å². The lowest BCUT2D eigenvalue weighted by atomic mass is 10.00. The molecule has 2 N–H and O–H groups in total. The number of nitrogens with one attached hydrogen (secondary N) is 2. The summed E-state index contributed by atoms with van der Waals surface area (Å²) < 4.78 is 70.4. The number of rotatable bonds is 12. The van der Waals surface area contributed by atoms with E-state index in [4.69, 9.17) is 9.47 Å². The number of ether oxygens (including phenoxy) is 2. The summed E-state index contributed by atoms with van der Waals surface area (Å²) in [5.74, 6) is 0.918. The van der Waals surface area contributed by atoms with Crippen LogP contribution in [0.1, 0.15) is 32.3 Å². The van der Waals surface area contributed by atoms with Gasteiger partial charge in [-0.05, 0) is 86.8 Å². The first kappa shape index (κ1) is 31.1. The number of anilines is 2. The highest BCUT2D eigenvalue weighted by molar-refractivity contribution is 7.93. The summed E-state index contributed by atoms with van der Waals surface area (Å²) in [4.78, 5) is 15.1. The van der Waals surface area contributed by atoms with E-state index in [1.54, 1.807) is 59.5 Å². The van der Waals surface area contributed by atoms with Gasteiger partial charge in [-0.3, -0.25) is 14.2 Å². The molecule has 0 bridgehead atoms. The van der Waals surface area contributed by atoms with Gasteiger partial charge in [0.25, 0.3) is 20.0 Å². The highest BCUT2D eigenvalue weighted by Crippen LogP contribution is 2.37. The quantitative estimate of drug-likeness (QED) is 0.213. The molecule has 5 rings (SSSR count). The van der Waals surface area contributed by atoms with Gasteiger partial charge in [-0.15, -0.1) is 0 Å². The van der Waals surface area contributed by atoms with Gasteiger partial charge in [0.1, 0.15) is 11.5 Å². The fourth-order valence-corrected chi connectivity index (χ4v) is 7.37. The van der Waals surface area contributed by atoms with Gasteiger partial charge < -0.3 is 14.4 Å². The molecule has 1 saturated heterocycles. The largest absolute Gasteiger partial charge is 0.494 e. The SMILES string of the molecule is CCOc1ccc(S(=O)(=O)Nc2cc(CC(=O)N3CCCC3)c(NS(=O)(=O)c3ccc(OCC)cc3)c3ccccc23)cc1. The average molecular weight is 638 g/mol. The molecule has 44 heavy (non-hydrogen) atoms. The summed E-state index contributed by atoms with van der Waals surface area (Å²) in [6.07, 6.45) is 1.67. The van der Waals surface area contributed by atoms with Crippen LogP contribution in [0.5, 0.6) is 11.5 Å². The van der Waals surface area contributed by atoms with E-state index in [2.05, 4.69) is 9.44 Å². The van der Waals surface area contributed by atoms with Crippen molar-refractivity contribution in [1.82, 2.24) is 4.90 Å². The van der Waals surface area contributed by atoms with Crippen molar-refractivity contribution in [3.63, 3.8) is 0 Å². The summed E-state index contributed by atoms with van der Waals surface area (Å²) >= 11 is 0. The third-order valence-electron chi connectivity index (χ3n) is 7.30. The molecular weight excluding hydrogens is 603 g/mol. The molecule has 1 aliphatic heterocycles. The van der Waals surface area contributed by atoms with E-state index in [0.717, 1.165) is 12.8 Å². The van der Waals surface area contributed by atoms with Crippen LogP contribution in [0.3, 0.4) is 0 Å². The first-order valence-electron chi connectivity index (χ1n) is 14.4. The number of amides is 1. The van der Waals surface area contributed by atoms with Crippen molar-refractivity contribution >= 4 is 48.1 Å². The molecule has 0 aliphatic carbocycles. The van der Waals surface area contributed by atoms with Gasteiger partial charge >= 0.3 is 0 Å². The number of nitrogens with zero attached hydrogens (tertiary/aromatic N) is 1. The molecule has 1 fully saturated rings. The van der Waals surface area contributed by atoms with Crippen LogP contribution in [0.4, 0.5) is 11.4 Å². The number of carbonyl (C=O) groups is 1. The molecule has 10 nitrogen and oxygen atoms in total. The predicted octanol–water partition coefficient (Wildman–Crippen LogP) is 5.40. The fraction of sp³-hybridized carbons (Fsp3) is 0.281. The molecule has 1 aliphatic rings. The van der Waals surface area contributed by atoms with Crippen molar-refractivity contribution in [3.05, 3.63) is 84.4 Å². The maximum Gasteiger partial charge on any atom is 0.261 e. The standard InChI is InChI=1S/C32H35N3O7S2/c1-3-41-24-11-15-26(16-12-24)43(37,38)33-30-21-23(22-31(36)35-19-7-8-20-35)32(29-10-6-5-9-28(29)30)34-44(39,40)27-17-13-25(14-18-27)42-4-2/h5-6,9-18,21,33-34H,3-4,7-8,19-20,22H2,1-2H3. The van der Waals surface area contributed by atoms with Crippen LogP contribution in [0.25, 0.3) is 10.8 Å². The van der Waals surface area contributed by atoms with Crippen LogP contribution >= 0.6 is 0 Å². The van der Waals surface area contributed by atoms with Gasteiger partial charge in [0.2, 0.25) is 5.91 Å². The number of carbonyl (C=O) groups excluding carboxylic acids is 1. The van der Waals surface area contributed by atoms with Crippen molar-refractivity contribution in [1.29, 1.82) is 0 Å². The van der Waals surface area contributed by atoms with Gasteiger partial charge in [-0.2, -0.15) is 0 Å². The molecule has 232 valence electrons. The van der Waals surface area contributed by atoms with Gasteiger partial charge in [0.15, 0.2) is 0 Å². The van der Waals surface area contributed by atoms with Crippen LogP contribution in [-0.2, 0) is 31.3 Å². The molecule has 0 unspecified atom stereocenters. The van der Waals surface area contributed by atoms with Crippen molar-refractivity contribution in [3.8, 4) is 11.5 Å². The van der Waals surface area contributed by atoms with Gasteiger partial charge in [0.05, 0.1) is 40.8 Å². The molecule has 12 heteroatoms. The van der Waals surface area contributed by atoms with Crippen LogP contribution in [0.2, 0.25) is 0 Å². The highest BCUT2D eigenvalue weighted by atomic mass is 32.2. The number of sulfonamides is 2. The predicted molar refractivity (Wildman–Crippen MR) is 170 cm³/mol. The number of fused-ring (bicyclic) bond motifs is 1. The molecule has 0 atom stereocenters. The molecule has 4 aromatic rings. The topological polar surface area (TPSA) is 131 Å². The van der Waals surface area contributed by atoms with Crippen LogP contribution in [0.15, 0.2) is 88.7 Å². The fourth-order valence-electron chi connectivity index (χ4n) is 5.18. The molecule has 4 aromatic carbocycles. The third-order valence-corrected chi connectivity index (χ3v) is 10.0. The smallest absolute Gasteiger partial charge is 0.261 e. The van der Waals surface area contributed by atoms with Crippen molar-refractivity contribution in [2.75, 3.05) is 35.7 Å². The molecule has 0 saturated carbocycles. The molecule has 1 heterocycles. The lowest BCUT2D eigenvalue weighted by Gasteiger charge is -2.21. The normalized spacial score (nSPS) is 13.5. The first-order chi connectivity index (χ1) is 21.1. The van der Waals surface area contributed by atoms with E-state index in [1.165, 1.54) is 24.3 Å². The molecule has 0 radical (unpaired) electrons. The minimum Gasteiger partial charge on any atom is -0.494 e. The molecule has 0 aromatic heterocycles. The van der Waals surface area contributed by atoms with Crippen molar-refractivity contribution in [2.24, 2.45) is 0 Å². The zero-order valence-electron chi connectivity index (χ0n) is 24.6. The van der Waals surface area contributed by atoms with Gasteiger partial charge in [0, 0.05) is 23.9 Å². The number of benzene rings is 4. The molecule has 0 spiro atoms. The lowest BCUT2D eigenvalue weighted by Crippen LogP contribution is -2.29. The monoisotopic (exact) mass is 637 g/mol. The van der Waals surface area contributed by atoms with Crippen LogP contribution in [0, 0.1) is 0 Å². The Morgan fingerprint density at radius 3 is 1.75 bits per heavy atom. The van der Waals surface area contributed by atoms with E-state index in [0.29, 0.717) is 54.1 Å². The number of hydrogen-bond donors (Lipinski definition) is 2. The summed E-state index contributed by atoms with van der Waals surface area (Å²) in [5, 5.41) is 0.905. The summed E-state index contributed by atoms with van der Waals surface area (Å²) in [6.45, 7) is 5.81. The van der Waals surface area contributed by atoms with Gasteiger partial charge in [-0.25, -0.2) is 16.8 Å². The number of hydrogen-bond acceptors (Lipinski definition) is 7. The Bertz CT molecular complexity index is 1850. The Morgan fingerprint density at radius 1 is 0.727 bits per heavy atom. The van der Waals surface area contributed by atoms with E-state index < -0.39 is 20.0 Å². The van der Waals surface area contributed by atoms with E-state index in [-0.39, 0.29) is 33.5 Å². The first-order valence-corrected chi connectivity index (χ1v) is 17.4. The second-order valence-electron chi connectivity index (χ2n) is 10.3. The van der Waals surface area contributed by atoms with E-state index in [9.17, 15) is 21.6 Å². The Hall–Kier alpha value is -4.29. The average Bonchev–Trinajstić information content (AvgIpc) is 3.55. The Kier molecular flexibility index (Phi) is 9.31. The Morgan fingerprint density at radius 2 is 1.23 bits per heavy atom. The van der Waals surface area contributed by atoms with Crippen molar-refractivity contribution < 1.29 is 31.1 Å². The molecular formula is C32H35N3O7S2. The van der Waals surface area contributed by atoms with Gasteiger partial charge in [-0.1, -0.05) is 24.3 Å². The summed E-state index contributed by atoms with van der Waals surface area (Å²) in [5.41, 5.74) is 0.785. The number of likely N-dealkylation sites (tertiary alicyclic amines) is 1. The maximum atomic E-state index is 13.6. The van der Waals surface area contributed by atoms with Crippen LogP contribution in [-0.4, -0.2) is 53.9 Å². The maximum absolute atomic E-state index is 13.6. The highest BCUT2D eigenvalue weighted by Gasteiger charge is 2.25. The van der Waals surface area contributed by atoms with E-state index >= 15 is 0 Å². The minimum absolute atomic E-state index is 0.0159. The second kappa shape index (κ2) is 13.1. The molecule has 1 amide bonds. The van der Waals surface area contributed by atoms with E-state index in [1.807, 2.05) is 13.8 Å². The zero-order chi connectivity index (χ0) is 31.3. The second-order valence-corrected chi connectivity index (χ2v) is 13.7. The Balaban J connectivity index is 1.58. The summed E-state index contributed by atoms with van der Waals surface area (Å²) in [6, 6.07) is 20.5. The lowest BCUT2D eigenvalue weighted by molar-refractivity contribution is -0.129. The summed E-state index contributed by atoms with van der Waals surface area (Å²) in [7, 11) is -8.14. The van der Waals surface area contributed by atoms with Crippen molar-refractivity contribution in [2.45, 2.75) is 42.9 Å². The zero-order valence-corrected chi connectivity index (χ0v) is 26.2. The Labute approximate surface area is 258 Å².